The van der Waals surface area contributed by atoms with E-state index in [1.54, 1.807) is 18.2 Å². The van der Waals surface area contributed by atoms with E-state index in [0.717, 1.165) is 11.3 Å². The van der Waals surface area contributed by atoms with Crippen molar-refractivity contribution in [3.63, 3.8) is 0 Å². The largest absolute Gasteiger partial charge is 0.396 e. The third kappa shape index (κ3) is 3.23. The van der Waals surface area contributed by atoms with Crippen LogP contribution < -0.4 is 11.1 Å². The fourth-order valence-corrected chi connectivity index (χ4v) is 1.85. The molecule has 0 saturated carbocycles. The quantitative estimate of drug-likeness (QED) is 0.826. The molecule has 2 aromatic rings. The summed E-state index contributed by atoms with van der Waals surface area (Å²) >= 11 is 0. The number of nitrogens with two attached hydrogens (primary N) is 1. The summed E-state index contributed by atoms with van der Waals surface area (Å²) in [5.41, 5.74) is 8.41. The number of hydrogen-bond donors (Lipinski definition) is 2. The summed E-state index contributed by atoms with van der Waals surface area (Å²) in [6, 6.07) is 13.8. The Balaban J connectivity index is 1.98. The summed E-state index contributed by atoms with van der Waals surface area (Å²) in [7, 11) is 0. The lowest BCUT2D eigenvalue weighted by Gasteiger charge is -2.10. The van der Waals surface area contributed by atoms with Crippen LogP contribution in [0.15, 0.2) is 42.5 Å². The van der Waals surface area contributed by atoms with Crippen LogP contribution in [0.3, 0.4) is 0 Å². The van der Waals surface area contributed by atoms with Crippen LogP contribution in [0.2, 0.25) is 0 Å². The Kier molecular flexibility index (Phi) is 3.99. The molecule has 19 heavy (non-hydrogen) atoms. The van der Waals surface area contributed by atoms with Crippen molar-refractivity contribution in [2.24, 2.45) is 0 Å². The molecule has 0 radical (unpaired) electrons. The molecule has 2 aromatic carbocycles. The molecule has 0 bridgehead atoms. The molecule has 0 saturated heterocycles. The van der Waals surface area contributed by atoms with Crippen molar-refractivity contribution in [1.82, 2.24) is 0 Å². The number of nitrogen functional groups attached to an aromatic ring is 1. The van der Waals surface area contributed by atoms with Crippen molar-refractivity contribution in [3.8, 4) is 6.07 Å². The average Bonchev–Trinajstić information content (AvgIpc) is 2.41. The molecule has 3 N–H and O–H groups in total. The summed E-state index contributed by atoms with van der Waals surface area (Å²) in [6.45, 7) is 0.628. The lowest BCUT2D eigenvalue weighted by atomic mass is 10.1. The maximum Gasteiger partial charge on any atom is 0.123 e. The summed E-state index contributed by atoms with van der Waals surface area (Å²) in [4.78, 5) is 0. The normalized spacial score (nSPS) is 9.89. The van der Waals surface area contributed by atoms with Crippen molar-refractivity contribution >= 4 is 11.4 Å². The third-order valence-electron chi connectivity index (χ3n) is 2.84. The first kappa shape index (κ1) is 12.9. The lowest BCUT2D eigenvalue weighted by molar-refractivity contribution is 0.625. The summed E-state index contributed by atoms with van der Waals surface area (Å²) in [5.74, 6) is -0.233. The van der Waals surface area contributed by atoms with E-state index in [9.17, 15) is 4.39 Å². The second-order valence-corrected chi connectivity index (χ2v) is 4.19. The first-order valence-electron chi connectivity index (χ1n) is 5.97. The number of nitrogens with zero attached hydrogens (tertiary/aromatic N) is 1. The summed E-state index contributed by atoms with van der Waals surface area (Å²) in [6.07, 6.45) is 0.688. The Hall–Kier alpha value is -2.54. The number of nitriles is 1. The predicted octanol–water partition coefficient (Wildman–Crippen LogP) is 2.93. The fourth-order valence-electron chi connectivity index (χ4n) is 1.85. The topological polar surface area (TPSA) is 61.8 Å². The molecule has 3 nitrogen and oxygen atoms in total. The number of para-hydroxylation sites is 1. The highest BCUT2D eigenvalue weighted by Gasteiger charge is 2.03. The van der Waals surface area contributed by atoms with E-state index < -0.39 is 0 Å². The highest BCUT2D eigenvalue weighted by molar-refractivity contribution is 5.72. The maximum atomic E-state index is 13.0. The second kappa shape index (κ2) is 5.87. The average molecular weight is 255 g/mol. The van der Waals surface area contributed by atoms with E-state index in [1.165, 1.54) is 12.1 Å². The van der Waals surface area contributed by atoms with Crippen molar-refractivity contribution in [2.45, 2.75) is 6.42 Å². The molecule has 0 heterocycles. The number of benzene rings is 2. The number of anilines is 2. The highest BCUT2D eigenvalue weighted by atomic mass is 19.1. The van der Waals surface area contributed by atoms with Gasteiger partial charge in [-0.2, -0.15) is 5.26 Å². The number of hydrogen-bond acceptors (Lipinski definition) is 3. The summed E-state index contributed by atoms with van der Waals surface area (Å²) in [5, 5.41) is 12.0. The van der Waals surface area contributed by atoms with Crippen LogP contribution in [-0.2, 0) is 6.42 Å². The highest BCUT2D eigenvalue weighted by Crippen LogP contribution is 2.21. The second-order valence-electron chi connectivity index (χ2n) is 4.19. The molecular weight excluding hydrogens is 241 g/mol. The number of nitrogens with one attached hydrogen (secondary N) is 1. The van der Waals surface area contributed by atoms with E-state index in [-0.39, 0.29) is 5.82 Å². The molecule has 0 spiro atoms. The van der Waals surface area contributed by atoms with Crippen LogP contribution in [0, 0.1) is 17.1 Å². The SMILES string of the molecule is N#Cc1cccc(NCCc2cccc(F)c2)c1N. The molecule has 0 aromatic heterocycles. The lowest BCUT2D eigenvalue weighted by Crippen LogP contribution is -2.07. The van der Waals surface area contributed by atoms with Crippen LogP contribution in [0.1, 0.15) is 11.1 Å². The van der Waals surface area contributed by atoms with Crippen LogP contribution in [0.4, 0.5) is 15.8 Å². The van der Waals surface area contributed by atoms with Crippen molar-refractivity contribution in [2.75, 3.05) is 17.6 Å². The Morgan fingerprint density at radius 3 is 2.74 bits per heavy atom. The zero-order valence-corrected chi connectivity index (χ0v) is 10.4. The minimum Gasteiger partial charge on any atom is -0.396 e. The van der Waals surface area contributed by atoms with Gasteiger partial charge in [0.1, 0.15) is 11.9 Å². The van der Waals surface area contributed by atoms with Gasteiger partial charge in [0.05, 0.1) is 16.9 Å². The monoisotopic (exact) mass is 255 g/mol. The minimum atomic E-state index is -0.233. The number of halogens is 1. The molecule has 0 unspecified atom stereocenters. The smallest absolute Gasteiger partial charge is 0.123 e. The van der Waals surface area contributed by atoms with E-state index in [1.807, 2.05) is 18.2 Å². The number of rotatable bonds is 4. The Morgan fingerprint density at radius 1 is 1.21 bits per heavy atom. The molecule has 0 atom stereocenters. The van der Waals surface area contributed by atoms with Gasteiger partial charge < -0.3 is 11.1 Å². The van der Waals surface area contributed by atoms with Gasteiger partial charge in [-0.05, 0) is 36.2 Å². The Labute approximate surface area is 111 Å². The van der Waals surface area contributed by atoms with Crippen LogP contribution in [0.5, 0.6) is 0 Å². The van der Waals surface area contributed by atoms with Gasteiger partial charge in [0.2, 0.25) is 0 Å². The summed E-state index contributed by atoms with van der Waals surface area (Å²) < 4.78 is 13.0. The molecule has 4 heteroatoms. The van der Waals surface area contributed by atoms with Gasteiger partial charge in [-0.3, -0.25) is 0 Å². The van der Waals surface area contributed by atoms with Gasteiger partial charge in [0.15, 0.2) is 0 Å². The van der Waals surface area contributed by atoms with Gasteiger partial charge in [-0.1, -0.05) is 18.2 Å². The zero-order valence-electron chi connectivity index (χ0n) is 10.4. The molecule has 0 amide bonds. The van der Waals surface area contributed by atoms with E-state index in [4.69, 9.17) is 11.0 Å². The molecule has 0 aliphatic rings. The van der Waals surface area contributed by atoms with Gasteiger partial charge in [-0.15, -0.1) is 0 Å². The fraction of sp³-hybridized carbons (Fsp3) is 0.133. The van der Waals surface area contributed by atoms with Crippen LogP contribution in [0.25, 0.3) is 0 Å². The molecule has 0 aliphatic heterocycles. The predicted molar refractivity (Wildman–Crippen MR) is 74.2 cm³/mol. The minimum absolute atomic E-state index is 0.233. The van der Waals surface area contributed by atoms with Gasteiger partial charge in [0, 0.05) is 6.54 Å². The van der Waals surface area contributed by atoms with Gasteiger partial charge >= 0.3 is 0 Å². The third-order valence-corrected chi connectivity index (χ3v) is 2.84. The van der Waals surface area contributed by atoms with Crippen molar-refractivity contribution in [3.05, 3.63) is 59.4 Å². The molecular formula is C15H14FN3. The standard InChI is InChI=1S/C15H14FN3/c16-13-5-1-3-11(9-13)7-8-19-14-6-2-4-12(10-17)15(14)18/h1-6,9,19H,7-8,18H2. The molecule has 96 valence electrons. The Bertz CT molecular complexity index is 617. The van der Waals surface area contributed by atoms with E-state index >= 15 is 0 Å². The molecule has 0 fully saturated rings. The zero-order chi connectivity index (χ0) is 13.7. The Morgan fingerprint density at radius 2 is 2.00 bits per heavy atom. The van der Waals surface area contributed by atoms with Crippen molar-refractivity contribution < 1.29 is 4.39 Å². The first-order chi connectivity index (χ1) is 9.20. The van der Waals surface area contributed by atoms with Crippen LogP contribution >= 0.6 is 0 Å². The first-order valence-corrected chi connectivity index (χ1v) is 5.97. The van der Waals surface area contributed by atoms with E-state index in [2.05, 4.69) is 5.32 Å². The van der Waals surface area contributed by atoms with Gasteiger partial charge in [0.25, 0.3) is 0 Å². The van der Waals surface area contributed by atoms with Crippen molar-refractivity contribution in [1.29, 1.82) is 5.26 Å². The maximum absolute atomic E-state index is 13.0. The molecule has 0 aliphatic carbocycles. The van der Waals surface area contributed by atoms with Crippen LogP contribution in [-0.4, -0.2) is 6.54 Å². The van der Waals surface area contributed by atoms with Gasteiger partial charge in [-0.25, -0.2) is 4.39 Å². The van der Waals surface area contributed by atoms with E-state index in [0.29, 0.717) is 24.2 Å². The molecule has 2 rings (SSSR count).